The maximum atomic E-state index is 11.5. The van der Waals surface area contributed by atoms with Gasteiger partial charge in [0.1, 0.15) is 5.92 Å². The van der Waals surface area contributed by atoms with Gasteiger partial charge in [0.2, 0.25) is 5.91 Å². The van der Waals surface area contributed by atoms with Crippen molar-refractivity contribution in [2.75, 3.05) is 13.2 Å². The van der Waals surface area contributed by atoms with Crippen LogP contribution < -0.4 is 5.32 Å². The molecular weight excluding hydrogens is 268 g/mol. The Hall–Kier alpha value is -0.950. The number of nitrogens with one attached hydrogen (secondary N) is 1. The number of halogens is 1. The van der Waals surface area contributed by atoms with Gasteiger partial charge in [0.05, 0.1) is 16.1 Å². The first-order valence-electron chi connectivity index (χ1n) is 4.50. The van der Waals surface area contributed by atoms with Crippen LogP contribution in [0.15, 0.2) is 0 Å². The molecule has 15 heavy (non-hydrogen) atoms. The quantitative estimate of drug-likeness (QED) is 0.459. The van der Waals surface area contributed by atoms with Crippen LogP contribution in [0.2, 0.25) is 0 Å². The summed E-state index contributed by atoms with van der Waals surface area (Å²) >= 11 is 2.77. The molecule has 6 nitrogen and oxygen atoms in total. The molecule has 1 aliphatic heterocycles. The molecule has 1 unspecified atom stereocenters. The number of carbonyl (C=O) groups is 3. The van der Waals surface area contributed by atoms with E-state index >= 15 is 0 Å². The van der Waals surface area contributed by atoms with Gasteiger partial charge in [-0.25, -0.2) is 4.79 Å². The van der Waals surface area contributed by atoms with Crippen molar-refractivity contribution in [2.24, 2.45) is 5.92 Å². The Bertz CT molecular complexity index is 294. The smallest absolute Gasteiger partial charge is 0.341 e. The Kier molecular flexibility index (Phi) is 4.22. The number of rotatable bonds is 4. The van der Waals surface area contributed by atoms with Gasteiger partial charge in [-0.3, -0.25) is 14.9 Å². The number of imide groups is 2. The summed E-state index contributed by atoms with van der Waals surface area (Å²) < 4.78 is 5.77. The van der Waals surface area contributed by atoms with E-state index < -0.39 is 23.8 Å². The molecule has 0 aromatic carbocycles. The SMILES string of the molecule is CCOCCC1C(=O)NC(=O)N(Br)C1=O. The summed E-state index contributed by atoms with van der Waals surface area (Å²) in [5.74, 6) is -1.97. The predicted octanol–water partition coefficient (Wildman–Crippen LogP) is 0.418. The van der Waals surface area contributed by atoms with Gasteiger partial charge in [-0.2, -0.15) is 3.93 Å². The lowest BCUT2D eigenvalue weighted by Gasteiger charge is -2.25. The number of urea groups is 1. The van der Waals surface area contributed by atoms with Crippen molar-refractivity contribution in [1.29, 1.82) is 0 Å². The van der Waals surface area contributed by atoms with Gasteiger partial charge in [0.25, 0.3) is 5.91 Å². The van der Waals surface area contributed by atoms with Crippen LogP contribution in [0.5, 0.6) is 0 Å². The van der Waals surface area contributed by atoms with Gasteiger partial charge in [0.15, 0.2) is 0 Å². The number of ether oxygens (including phenoxy) is 1. The van der Waals surface area contributed by atoms with E-state index in [2.05, 4.69) is 21.5 Å². The van der Waals surface area contributed by atoms with E-state index in [1.54, 1.807) is 0 Å². The van der Waals surface area contributed by atoms with E-state index in [1.807, 2.05) is 6.92 Å². The minimum atomic E-state index is -0.853. The van der Waals surface area contributed by atoms with Gasteiger partial charge >= 0.3 is 6.03 Å². The molecule has 1 heterocycles. The second-order valence-corrected chi connectivity index (χ2v) is 3.66. The molecule has 0 spiro atoms. The standard InChI is InChI=1S/C8H11BrN2O4/c1-2-15-4-3-5-6(12)10-8(14)11(9)7(5)13/h5H,2-4H2,1H3,(H,10,12,14). The molecule has 0 bridgehead atoms. The van der Waals surface area contributed by atoms with E-state index in [0.717, 1.165) is 3.93 Å². The monoisotopic (exact) mass is 278 g/mol. The molecule has 1 aliphatic rings. The average Bonchev–Trinajstić information content (AvgIpc) is 2.20. The molecule has 0 radical (unpaired) electrons. The minimum absolute atomic E-state index is 0.272. The summed E-state index contributed by atoms with van der Waals surface area (Å²) in [7, 11) is 0. The van der Waals surface area contributed by atoms with Crippen LogP contribution in [-0.2, 0) is 14.3 Å². The fourth-order valence-corrected chi connectivity index (χ4v) is 1.53. The van der Waals surface area contributed by atoms with E-state index in [1.165, 1.54) is 0 Å². The second-order valence-electron chi connectivity index (χ2n) is 2.95. The van der Waals surface area contributed by atoms with Crippen LogP contribution in [0.25, 0.3) is 0 Å². The van der Waals surface area contributed by atoms with Crippen molar-refractivity contribution < 1.29 is 19.1 Å². The van der Waals surface area contributed by atoms with Crippen molar-refractivity contribution in [1.82, 2.24) is 9.24 Å². The zero-order chi connectivity index (χ0) is 11.4. The highest BCUT2D eigenvalue weighted by Crippen LogP contribution is 2.16. The first-order valence-corrected chi connectivity index (χ1v) is 5.21. The van der Waals surface area contributed by atoms with Crippen LogP contribution in [0.1, 0.15) is 13.3 Å². The highest BCUT2D eigenvalue weighted by molar-refractivity contribution is 9.08. The van der Waals surface area contributed by atoms with E-state index in [4.69, 9.17) is 4.74 Å². The zero-order valence-electron chi connectivity index (χ0n) is 8.16. The molecule has 84 valence electrons. The third-order valence-electron chi connectivity index (χ3n) is 1.97. The summed E-state index contributed by atoms with van der Waals surface area (Å²) in [6.07, 6.45) is 0.272. The maximum absolute atomic E-state index is 11.5. The van der Waals surface area contributed by atoms with Crippen LogP contribution >= 0.6 is 16.1 Å². The number of hydrogen-bond donors (Lipinski definition) is 1. The van der Waals surface area contributed by atoms with Gasteiger partial charge < -0.3 is 4.74 Å². The molecule has 0 saturated carbocycles. The van der Waals surface area contributed by atoms with Crippen molar-refractivity contribution in [3.63, 3.8) is 0 Å². The second kappa shape index (κ2) is 5.22. The number of carbonyl (C=O) groups excluding carboxylic acids is 3. The maximum Gasteiger partial charge on any atom is 0.341 e. The lowest BCUT2D eigenvalue weighted by molar-refractivity contribution is -0.139. The van der Waals surface area contributed by atoms with Gasteiger partial charge in [0, 0.05) is 13.2 Å². The van der Waals surface area contributed by atoms with E-state index in [9.17, 15) is 14.4 Å². The van der Waals surface area contributed by atoms with Gasteiger partial charge in [-0.1, -0.05) is 0 Å². The number of amides is 4. The normalized spacial score (nSPS) is 21.9. The zero-order valence-corrected chi connectivity index (χ0v) is 9.74. The van der Waals surface area contributed by atoms with Gasteiger partial charge in [-0.05, 0) is 13.3 Å². The molecule has 1 N–H and O–H groups in total. The molecule has 1 rings (SSSR count). The highest BCUT2D eigenvalue weighted by Gasteiger charge is 2.39. The third kappa shape index (κ3) is 2.75. The Morgan fingerprint density at radius 2 is 2.13 bits per heavy atom. The van der Waals surface area contributed by atoms with Crippen LogP contribution in [-0.4, -0.2) is 35.0 Å². The van der Waals surface area contributed by atoms with E-state index in [0.29, 0.717) is 13.2 Å². The number of hydrogen-bond acceptors (Lipinski definition) is 4. The Morgan fingerprint density at radius 1 is 1.47 bits per heavy atom. The van der Waals surface area contributed by atoms with Crippen molar-refractivity contribution >= 4 is 34.0 Å². The lowest BCUT2D eigenvalue weighted by Crippen LogP contribution is -2.54. The van der Waals surface area contributed by atoms with Crippen molar-refractivity contribution in [2.45, 2.75) is 13.3 Å². The minimum Gasteiger partial charge on any atom is -0.382 e. The largest absolute Gasteiger partial charge is 0.382 e. The Balaban J connectivity index is 2.58. The van der Waals surface area contributed by atoms with E-state index in [-0.39, 0.29) is 6.42 Å². The van der Waals surface area contributed by atoms with Crippen molar-refractivity contribution in [3.8, 4) is 0 Å². The molecule has 0 aromatic rings. The molecular formula is C8H11BrN2O4. The first-order chi connectivity index (χ1) is 7.07. The highest BCUT2D eigenvalue weighted by atomic mass is 79.9. The average molecular weight is 279 g/mol. The van der Waals surface area contributed by atoms with Crippen LogP contribution in [0, 0.1) is 5.92 Å². The summed E-state index contributed by atoms with van der Waals surface area (Å²) in [6, 6.07) is -0.752. The summed E-state index contributed by atoms with van der Waals surface area (Å²) in [6.45, 7) is 2.66. The molecule has 4 amide bonds. The molecule has 1 atom stereocenters. The fraction of sp³-hybridized carbons (Fsp3) is 0.625. The van der Waals surface area contributed by atoms with Gasteiger partial charge in [-0.15, -0.1) is 0 Å². The Morgan fingerprint density at radius 3 is 2.73 bits per heavy atom. The Labute approximate surface area is 95.3 Å². The first kappa shape index (κ1) is 12.1. The molecule has 0 aliphatic carbocycles. The summed E-state index contributed by atoms with van der Waals surface area (Å²) in [5.41, 5.74) is 0. The topological polar surface area (TPSA) is 75.7 Å². The predicted molar refractivity (Wildman–Crippen MR) is 53.9 cm³/mol. The van der Waals surface area contributed by atoms with Crippen LogP contribution in [0.4, 0.5) is 4.79 Å². The lowest BCUT2D eigenvalue weighted by atomic mass is 10.0. The molecule has 0 aromatic heterocycles. The molecule has 1 fully saturated rings. The molecule has 7 heteroatoms. The fourth-order valence-electron chi connectivity index (χ4n) is 1.19. The van der Waals surface area contributed by atoms with Crippen LogP contribution in [0.3, 0.4) is 0 Å². The van der Waals surface area contributed by atoms with Crippen molar-refractivity contribution in [3.05, 3.63) is 0 Å². The third-order valence-corrected chi connectivity index (χ3v) is 2.64. The summed E-state index contributed by atoms with van der Waals surface area (Å²) in [5, 5.41) is 2.06. The summed E-state index contributed by atoms with van der Waals surface area (Å²) in [4.78, 5) is 33.8. The number of barbiturate groups is 1. The molecule has 1 saturated heterocycles. The number of nitrogens with zero attached hydrogens (tertiary/aromatic N) is 1.